The monoisotopic (exact) mass is 204 g/mol. The molecular formula is C11H17BOSi. The van der Waals surface area contributed by atoms with Crippen molar-refractivity contribution >= 4 is 21.7 Å². The summed E-state index contributed by atoms with van der Waals surface area (Å²) in [5, 5.41) is 0. The molecule has 2 rings (SSSR count). The highest BCUT2D eigenvalue weighted by Crippen LogP contribution is 2.10. The minimum Gasteiger partial charge on any atom is -0.383 e. The lowest BCUT2D eigenvalue weighted by Crippen LogP contribution is -2.34. The van der Waals surface area contributed by atoms with Crippen LogP contribution in [0, 0.1) is 0 Å². The van der Waals surface area contributed by atoms with E-state index in [1.165, 1.54) is 31.6 Å². The summed E-state index contributed by atoms with van der Waals surface area (Å²) < 4.78 is 5.76. The number of hydrogen-bond donors (Lipinski definition) is 0. The summed E-state index contributed by atoms with van der Waals surface area (Å²) in [6.45, 7) is 2.30. The molecule has 1 aromatic carbocycles. The van der Waals surface area contributed by atoms with Gasteiger partial charge in [0.2, 0.25) is 0 Å². The first-order chi connectivity index (χ1) is 6.95. The molecule has 14 heavy (non-hydrogen) atoms. The molecule has 0 saturated carbocycles. The van der Waals surface area contributed by atoms with Crippen LogP contribution in [0.3, 0.4) is 0 Å². The topological polar surface area (TPSA) is 9.23 Å². The van der Waals surface area contributed by atoms with Crippen LogP contribution in [0.4, 0.5) is 0 Å². The average Bonchev–Trinajstić information content (AvgIpc) is 2.29. The van der Waals surface area contributed by atoms with Crippen LogP contribution in [-0.2, 0) is 4.74 Å². The second kappa shape index (κ2) is 5.37. The average molecular weight is 204 g/mol. The molecule has 1 aliphatic heterocycles. The number of ether oxygens (including phenoxy) is 1. The van der Waals surface area contributed by atoms with Gasteiger partial charge in [0.1, 0.15) is 6.87 Å². The maximum atomic E-state index is 5.76. The summed E-state index contributed by atoms with van der Waals surface area (Å²) in [6, 6.07) is 10.8. The van der Waals surface area contributed by atoms with E-state index in [1.807, 2.05) is 0 Å². The van der Waals surface area contributed by atoms with Crippen LogP contribution in [0.2, 0.25) is 0 Å². The van der Waals surface area contributed by atoms with E-state index in [0.717, 1.165) is 6.61 Å². The van der Waals surface area contributed by atoms with Crippen molar-refractivity contribution in [2.75, 3.05) is 6.61 Å². The molecule has 1 atom stereocenters. The highest BCUT2D eigenvalue weighted by atomic mass is 28.2. The largest absolute Gasteiger partial charge is 0.383 e. The van der Waals surface area contributed by atoms with Crippen molar-refractivity contribution in [3.05, 3.63) is 30.3 Å². The lowest BCUT2D eigenvalue weighted by atomic mass is 9.94. The van der Waals surface area contributed by atoms with Gasteiger partial charge in [-0.1, -0.05) is 35.8 Å². The second-order valence-electron chi connectivity index (χ2n) is 4.01. The fourth-order valence-electron chi connectivity index (χ4n) is 2.01. The number of benzene rings is 1. The summed E-state index contributed by atoms with van der Waals surface area (Å²) in [6.07, 6.45) is 3.97. The van der Waals surface area contributed by atoms with Crippen LogP contribution < -0.4 is 5.46 Å². The third-order valence-corrected chi connectivity index (χ3v) is 5.03. The summed E-state index contributed by atoms with van der Waals surface area (Å²) in [5.41, 5.74) is 2.15. The van der Waals surface area contributed by atoms with Gasteiger partial charge in [0.25, 0.3) is 0 Å². The van der Waals surface area contributed by atoms with Crippen LogP contribution in [0.1, 0.15) is 19.3 Å². The molecule has 0 N–H and O–H groups in total. The van der Waals surface area contributed by atoms with E-state index in [-0.39, 0.29) is 9.39 Å². The Kier molecular flexibility index (Phi) is 3.83. The van der Waals surface area contributed by atoms with Crippen molar-refractivity contribution in [2.24, 2.45) is 0 Å². The third kappa shape index (κ3) is 3.00. The van der Waals surface area contributed by atoms with Crippen molar-refractivity contribution < 1.29 is 4.74 Å². The van der Waals surface area contributed by atoms with E-state index in [1.54, 1.807) is 0 Å². The Bertz CT molecular complexity index is 259. The Morgan fingerprint density at radius 1 is 1.21 bits per heavy atom. The zero-order chi connectivity index (χ0) is 9.64. The van der Waals surface area contributed by atoms with Crippen LogP contribution in [-0.4, -0.2) is 28.6 Å². The summed E-state index contributed by atoms with van der Waals surface area (Å²) >= 11 is 0. The predicted molar refractivity (Wildman–Crippen MR) is 65.4 cm³/mol. The van der Waals surface area contributed by atoms with E-state index in [4.69, 9.17) is 4.74 Å². The van der Waals surface area contributed by atoms with Gasteiger partial charge in [-0.05, 0) is 19.3 Å². The fraction of sp³-hybridized carbons (Fsp3) is 0.455. The molecule has 0 spiro atoms. The maximum absolute atomic E-state index is 5.76. The van der Waals surface area contributed by atoms with Gasteiger partial charge in [0.05, 0.1) is 0 Å². The zero-order valence-electron chi connectivity index (χ0n) is 8.61. The molecule has 1 heterocycles. The molecule has 0 aliphatic carbocycles. The minimum atomic E-state index is -0.0550. The third-order valence-electron chi connectivity index (χ3n) is 2.87. The molecule has 0 radical (unpaired) electrons. The first-order valence-corrected chi connectivity index (χ1v) is 7.42. The molecule has 3 heteroatoms. The van der Waals surface area contributed by atoms with Crippen LogP contribution in [0.15, 0.2) is 30.3 Å². The molecule has 0 bridgehead atoms. The van der Waals surface area contributed by atoms with Gasteiger partial charge in [0.15, 0.2) is 0 Å². The smallest absolute Gasteiger partial charge is 0.147 e. The van der Waals surface area contributed by atoms with Crippen molar-refractivity contribution in [3.8, 4) is 0 Å². The lowest BCUT2D eigenvalue weighted by molar-refractivity contribution is 0.0665. The van der Waals surface area contributed by atoms with E-state index >= 15 is 0 Å². The molecule has 0 aromatic heterocycles. The second-order valence-corrected chi connectivity index (χ2v) is 6.00. The number of hydrogen-bond acceptors (Lipinski definition) is 1. The normalized spacial score (nSPS) is 22.7. The van der Waals surface area contributed by atoms with Gasteiger partial charge in [-0.15, -0.1) is 0 Å². The van der Waals surface area contributed by atoms with Gasteiger partial charge >= 0.3 is 0 Å². The first-order valence-electron chi connectivity index (χ1n) is 5.61. The van der Waals surface area contributed by atoms with Crippen molar-refractivity contribution in [2.45, 2.75) is 25.0 Å². The van der Waals surface area contributed by atoms with Crippen LogP contribution in [0.5, 0.6) is 0 Å². The molecule has 1 saturated heterocycles. The summed E-state index contributed by atoms with van der Waals surface area (Å²) in [5.74, 6) is 0. The quantitative estimate of drug-likeness (QED) is 0.646. The molecule has 1 aromatic rings. The summed E-state index contributed by atoms with van der Waals surface area (Å²) in [7, 11) is -0.0550. The predicted octanol–water partition coefficient (Wildman–Crippen LogP) is 0.359. The van der Waals surface area contributed by atoms with E-state index in [0.29, 0.717) is 5.73 Å². The van der Waals surface area contributed by atoms with Gasteiger partial charge in [-0.2, -0.15) is 0 Å². The minimum absolute atomic E-state index is 0.0550. The zero-order valence-corrected chi connectivity index (χ0v) is 10.0. The van der Waals surface area contributed by atoms with E-state index < -0.39 is 0 Å². The van der Waals surface area contributed by atoms with Gasteiger partial charge in [0, 0.05) is 21.7 Å². The highest BCUT2D eigenvalue weighted by molar-refractivity contribution is 7.07. The summed E-state index contributed by atoms with van der Waals surface area (Å²) in [4.78, 5) is 0. The molecule has 0 amide bonds. The van der Waals surface area contributed by atoms with E-state index in [9.17, 15) is 0 Å². The molecule has 1 unspecified atom stereocenters. The van der Waals surface area contributed by atoms with Gasteiger partial charge in [-0.3, -0.25) is 0 Å². The SMILES string of the molecule is B([SiH2]C1CCCCO1)c1ccccc1. The van der Waals surface area contributed by atoms with Crippen molar-refractivity contribution in [1.29, 1.82) is 0 Å². The van der Waals surface area contributed by atoms with Crippen LogP contribution >= 0.6 is 0 Å². The lowest BCUT2D eigenvalue weighted by Gasteiger charge is -2.21. The van der Waals surface area contributed by atoms with Gasteiger partial charge in [-0.25, -0.2) is 0 Å². The Morgan fingerprint density at radius 2 is 2.07 bits per heavy atom. The molecule has 1 nitrogen and oxygen atoms in total. The molecule has 1 aliphatic rings. The molecule has 1 fully saturated rings. The standard InChI is InChI=1S/C11H17BOSi/c1-2-6-10(7-3-1)12-14-11-8-4-5-9-13-11/h1-3,6-7,11-12H,4-5,8-9,14H2. The molecule has 74 valence electrons. The Hall–Kier alpha value is -0.538. The van der Waals surface area contributed by atoms with Crippen molar-refractivity contribution in [1.82, 2.24) is 0 Å². The van der Waals surface area contributed by atoms with Crippen LogP contribution in [0.25, 0.3) is 0 Å². The van der Waals surface area contributed by atoms with Gasteiger partial charge < -0.3 is 4.74 Å². The Labute approximate surface area is 88.9 Å². The first kappa shape index (κ1) is 10.00. The maximum Gasteiger partial charge on any atom is 0.147 e. The highest BCUT2D eigenvalue weighted by Gasteiger charge is 2.14. The number of rotatable bonds is 3. The Balaban J connectivity index is 1.76. The molecular weight excluding hydrogens is 187 g/mol. The Morgan fingerprint density at radius 3 is 2.79 bits per heavy atom. The van der Waals surface area contributed by atoms with E-state index in [2.05, 4.69) is 30.3 Å². The van der Waals surface area contributed by atoms with Crippen molar-refractivity contribution in [3.63, 3.8) is 0 Å². The fourth-order valence-corrected chi connectivity index (χ4v) is 3.91.